The number of carbonyl (C=O) groups excluding carboxylic acids is 3. The number of aliphatic hydroxyl groups excluding tert-OH is 1. The fourth-order valence-corrected chi connectivity index (χ4v) is 4.20. The van der Waals surface area contributed by atoms with Crippen molar-refractivity contribution in [2.75, 3.05) is 25.0 Å². The number of piperazine rings is 1. The number of rotatable bonds is 3. The highest BCUT2D eigenvalue weighted by Gasteiger charge is 2.41. The molecule has 1 saturated heterocycles. The number of anilines is 1. The monoisotopic (exact) mass is 431 g/mol. The molecule has 2 aromatic carbocycles. The number of nitrogens with one attached hydrogen (secondary N) is 1. The van der Waals surface area contributed by atoms with Crippen molar-refractivity contribution in [3.63, 3.8) is 0 Å². The molecule has 0 radical (unpaired) electrons. The zero-order valence-corrected chi connectivity index (χ0v) is 17.1. The quantitative estimate of drug-likeness (QED) is 0.662. The Balaban J connectivity index is 1.39. The summed E-state index contributed by atoms with van der Waals surface area (Å²) < 4.78 is 5.42. The fourth-order valence-electron chi connectivity index (χ4n) is 4.20. The van der Waals surface area contributed by atoms with Gasteiger partial charge in [-0.05, 0) is 35.9 Å². The van der Waals surface area contributed by atoms with Gasteiger partial charge in [-0.2, -0.15) is 0 Å². The minimum Gasteiger partial charge on any atom is -0.464 e. The van der Waals surface area contributed by atoms with Crippen LogP contribution in [0.5, 0.6) is 0 Å². The van der Waals surface area contributed by atoms with E-state index in [0.29, 0.717) is 22.6 Å². The summed E-state index contributed by atoms with van der Waals surface area (Å²) in [7, 11) is 0. The molecule has 1 fully saturated rings. The van der Waals surface area contributed by atoms with Crippen LogP contribution in [0.25, 0.3) is 11.3 Å². The number of fused-ring (bicyclic) bond motifs is 2. The van der Waals surface area contributed by atoms with Gasteiger partial charge in [0, 0.05) is 18.7 Å². The summed E-state index contributed by atoms with van der Waals surface area (Å²) in [6.45, 7) is 0.430. The molecule has 2 N–H and O–H groups in total. The molecule has 5 rings (SSSR count). The van der Waals surface area contributed by atoms with Crippen molar-refractivity contribution in [1.29, 1.82) is 0 Å². The number of amides is 3. The van der Waals surface area contributed by atoms with Gasteiger partial charge in [-0.3, -0.25) is 14.4 Å². The molecule has 0 spiro atoms. The highest BCUT2D eigenvalue weighted by atomic mass is 16.3. The Morgan fingerprint density at radius 1 is 1.06 bits per heavy atom. The van der Waals surface area contributed by atoms with Crippen molar-refractivity contribution < 1.29 is 23.9 Å². The van der Waals surface area contributed by atoms with Gasteiger partial charge in [-0.15, -0.1) is 0 Å². The van der Waals surface area contributed by atoms with Crippen molar-refractivity contribution >= 4 is 23.4 Å². The third kappa shape index (κ3) is 3.44. The third-order valence-electron chi connectivity index (χ3n) is 5.92. The van der Waals surface area contributed by atoms with E-state index >= 15 is 0 Å². The Bertz CT molecular complexity index is 1180. The lowest BCUT2D eigenvalue weighted by molar-refractivity contribution is -0.144. The number of nitrogens with zero attached hydrogens (tertiary/aromatic N) is 2. The molecule has 32 heavy (non-hydrogen) atoms. The van der Waals surface area contributed by atoms with Crippen LogP contribution in [0, 0.1) is 0 Å². The van der Waals surface area contributed by atoms with Crippen molar-refractivity contribution in [2.24, 2.45) is 0 Å². The second kappa shape index (κ2) is 7.97. The lowest BCUT2D eigenvalue weighted by atomic mass is 10.0. The maximum Gasteiger partial charge on any atom is 0.256 e. The lowest BCUT2D eigenvalue weighted by Crippen LogP contribution is -2.60. The van der Waals surface area contributed by atoms with Crippen molar-refractivity contribution in [3.05, 3.63) is 78.1 Å². The van der Waals surface area contributed by atoms with Gasteiger partial charge in [0.05, 0.1) is 24.1 Å². The minimum atomic E-state index is -1.32. The van der Waals surface area contributed by atoms with E-state index in [0.717, 1.165) is 5.56 Å². The first-order chi connectivity index (χ1) is 15.5. The van der Waals surface area contributed by atoms with Gasteiger partial charge in [-0.1, -0.05) is 30.3 Å². The van der Waals surface area contributed by atoms with Gasteiger partial charge in [0.2, 0.25) is 5.91 Å². The zero-order valence-electron chi connectivity index (χ0n) is 17.1. The Morgan fingerprint density at radius 2 is 1.88 bits per heavy atom. The molecule has 2 atom stereocenters. The smallest absolute Gasteiger partial charge is 0.256 e. The maximum atomic E-state index is 13.3. The van der Waals surface area contributed by atoms with E-state index in [-0.39, 0.29) is 31.4 Å². The molecule has 2 aliphatic rings. The van der Waals surface area contributed by atoms with Crippen LogP contribution in [0.1, 0.15) is 22.0 Å². The number of benzene rings is 2. The van der Waals surface area contributed by atoms with Crippen LogP contribution in [0.15, 0.2) is 71.3 Å². The first-order valence-corrected chi connectivity index (χ1v) is 10.3. The number of furan rings is 1. The molecular formula is C24H21N3O5. The van der Waals surface area contributed by atoms with Crippen molar-refractivity contribution in [2.45, 2.75) is 12.1 Å². The predicted molar refractivity (Wildman–Crippen MR) is 116 cm³/mol. The molecule has 8 nitrogen and oxygen atoms in total. The molecular weight excluding hydrogens is 410 g/mol. The van der Waals surface area contributed by atoms with Gasteiger partial charge < -0.3 is 24.6 Å². The molecule has 3 amide bonds. The molecule has 1 aromatic heterocycles. The first kappa shape index (κ1) is 20.0. The summed E-state index contributed by atoms with van der Waals surface area (Å²) in [5.41, 5.74) is 2.01. The molecule has 3 aromatic rings. The molecule has 2 unspecified atom stereocenters. The Labute approximate surface area is 184 Å². The Hall–Kier alpha value is -3.91. The van der Waals surface area contributed by atoms with E-state index in [9.17, 15) is 19.5 Å². The predicted octanol–water partition coefficient (Wildman–Crippen LogP) is 2.29. The van der Waals surface area contributed by atoms with Gasteiger partial charge in [0.1, 0.15) is 11.8 Å². The van der Waals surface area contributed by atoms with Crippen LogP contribution >= 0.6 is 0 Å². The van der Waals surface area contributed by atoms with E-state index < -0.39 is 18.1 Å². The summed E-state index contributed by atoms with van der Waals surface area (Å²) in [6.07, 6.45) is 0.237. The normalized spacial score (nSPS) is 19.0. The van der Waals surface area contributed by atoms with E-state index in [1.54, 1.807) is 66.9 Å². The standard InChI is InChI=1S/C24H21N3O5/c28-21(15-5-2-1-3-6-15)24(31)26-10-11-27-19(14-26)22(29)25-18-9-8-16(13-17(18)23(27)30)20-7-4-12-32-20/h1-9,12-13,19,21,28H,10-11,14H2,(H,25,29). The molecule has 8 heteroatoms. The zero-order chi connectivity index (χ0) is 22.2. The van der Waals surface area contributed by atoms with Crippen LogP contribution in [0.3, 0.4) is 0 Å². The second-order valence-corrected chi connectivity index (χ2v) is 7.84. The summed E-state index contributed by atoms with van der Waals surface area (Å²) in [5.74, 6) is -0.516. The maximum absolute atomic E-state index is 13.3. The van der Waals surface area contributed by atoms with E-state index in [4.69, 9.17) is 4.42 Å². The van der Waals surface area contributed by atoms with Crippen LogP contribution < -0.4 is 5.32 Å². The Kier molecular flexibility index (Phi) is 4.99. The third-order valence-corrected chi connectivity index (χ3v) is 5.92. The summed E-state index contributed by atoms with van der Waals surface area (Å²) in [5, 5.41) is 13.3. The van der Waals surface area contributed by atoms with Gasteiger partial charge >= 0.3 is 0 Å². The average molecular weight is 431 g/mol. The SMILES string of the molecule is O=C1Nc2ccc(-c3ccco3)cc2C(=O)N2CCN(C(=O)C(O)c3ccccc3)CC12. The molecule has 162 valence electrons. The molecule has 0 bridgehead atoms. The number of carbonyl (C=O) groups is 3. The van der Waals surface area contributed by atoms with Crippen LogP contribution in [-0.4, -0.2) is 58.3 Å². The highest BCUT2D eigenvalue weighted by molar-refractivity contribution is 6.10. The highest BCUT2D eigenvalue weighted by Crippen LogP contribution is 2.30. The minimum absolute atomic E-state index is 0.0132. The van der Waals surface area contributed by atoms with E-state index in [1.165, 1.54) is 9.80 Å². The molecule has 0 aliphatic carbocycles. The van der Waals surface area contributed by atoms with E-state index in [1.807, 2.05) is 0 Å². The summed E-state index contributed by atoms with van der Waals surface area (Å²) in [6, 6.07) is 16.5. The summed E-state index contributed by atoms with van der Waals surface area (Å²) in [4.78, 5) is 42.1. The van der Waals surface area contributed by atoms with Gasteiger partial charge in [0.25, 0.3) is 11.8 Å². The first-order valence-electron chi connectivity index (χ1n) is 10.3. The molecule has 2 aliphatic heterocycles. The van der Waals surface area contributed by atoms with E-state index in [2.05, 4.69) is 5.32 Å². The largest absolute Gasteiger partial charge is 0.464 e. The van der Waals surface area contributed by atoms with Gasteiger partial charge in [0.15, 0.2) is 6.10 Å². The van der Waals surface area contributed by atoms with Crippen LogP contribution in [0.4, 0.5) is 5.69 Å². The Morgan fingerprint density at radius 3 is 2.62 bits per heavy atom. The number of aliphatic hydroxyl groups is 1. The van der Waals surface area contributed by atoms with Crippen LogP contribution in [-0.2, 0) is 9.59 Å². The number of hydrogen-bond donors (Lipinski definition) is 2. The van der Waals surface area contributed by atoms with Crippen LogP contribution in [0.2, 0.25) is 0 Å². The molecule has 0 saturated carbocycles. The van der Waals surface area contributed by atoms with Crippen molar-refractivity contribution in [3.8, 4) is 11.3 Å². The fraction of sp³-hybridized carbons (Fsp3) is 0.208. The molecule has 3 heterocycles. The van der Waals surface area contributed by atoms with Crippen molar-refractivity contribution in [1.82, 2.24) is 9.80 Å². The second-order valence-electron chi connectivity index (χ2n) is 7.84. The van der Waals surface area contributed by atoms with Gasteiger partial charge in [-0.25, -0.2) is 0 Å². The average Bonchev–Trinajstić information content (AvgIpc) is 3.35. The number of hydrogen-bond acceptors (Lipinski definition) is 5. The summed E-state index contributed by atoms with van der Waals surface area (Å²) >= 11 is 0. The topological polar surface area (TPSA) is 103 Å². The lowest BCUT2D eigenvalue weighted by Gasteiger charge is -2.40.